The molecular formula is C44H26O. The summed E-state index contributed by atoms with van der Waals surface area (Å²) in [4.78, 5) is 0. The predicted octanol–water partition coefficient (Wildman–Crippen LogP) is 12.7. The smallest absolute Gasteiger partial charge is 0.135 e. The average Bonchev–Trinajstić information content (AvgIpc) is 3.75. The third kappa shape index (κ3) is 3.50. The second-order valence-electron chi connectivity index (χ2n) is 10.0. The van der Waals surface area contributed by atoms with Crippen molar-refractivity contribution in [2.24, 2.45) is 0 Å². The van der Waals surface area contributed by atoms with Gasteiger partial charge in [0, 0.05) is 10.8 Å². The monoisotopic (exact) mass is 596 g/mol. The molecule has 0 fully saturated rings. The Morgan fingerprint density at radius 1 is 0.356 bits per heavy atom. The Morgan fingerprint density at radius 3 is 1.71 bits per heavy atom. The summed E-state index contributed by atoms with van der Waals surface area (Å²) in [5, 5.41) is -7.16. The largest absolute Gasteiger partial charge is 0.456 e. The van der Waals surface area contributed by atoms with E-state index in [-0.39, 0.29) is 0 Å². The van der Waals surface area contributed by atoms with Crippen LogP contribution in [0.3, 0.4) is 0 Å². The highest BCUT2D eigenvalue weighted by Crippen LogP contribution is 2.47. The first-order valence-electron chi connectivity index (χ1n) is 26.4. The van der Waals surface area contributed by atoms with Crippen molar-refractivity contribution in [1.82, 2.24) is 0 Å². The summed E-state index contributed by atoms with van der Waals surface area (Å²) in [6.45, 7) is 0. The standard InChI is InChI=1S/C44H26O/c1-2-11-30-27(10-1)20-21-28-22-24-31-33(42(28)30)17-9-18-34(31)44-37-15-5-3-13-35(37)43(36-14-4-6-16-38(36)44)29-23-25-41-39(26-29)32-12-7-8-19-40(32)45-41/h1-26H/i1D,2D,3D,4D,5D,6D,7D,8D,9D,10D,11D,12D,13D,14D,15D,16D,17D,18D,19D,20D,21D,22D,23D,24D,25D,26D. The van der Waals surface area contributed by atoms with Gasteiger partial charge >= 0.3 is 0 Å². The number of benzene rings is 9. The van der Waals surface area contributed by atoms with Gasteiger partial charge in [-0.15, -0.1) is 0 Å². The maximum Gasteiger partial charge on any atom is 0.135 e. The Hall–Kier alpha value is -5.92. The Balaban J connectivity index is 1.58. The van der Waals surface area contributed by atoms with Crippen LogP contribution < -0.4 is 0 Å². The van der Waals surface area contributed by atoms with Crippen LogP contribution in [-0.2, 0) is 0 Å². The maximum absolute atomic E-state index is 9.69. The lowest BCUT2D eigenvalue weighted by molar-refractivity contribution is 0.669. The quantitative estimate of drug-likeness (QED) is 0.143. The Kier molecular flexibility index (Phi) is 2.13. The highest BCUT2D eigenvalue weighted by molar-refractivity contribution is 6.27. The van der Waals surface area contributed by atoms with Crippen molar-refractivity contribution in [3.63, 3.8) is 0 Å². The molecular weight excluding hydrogens is 544 g/mol. The molecule has 0 aliphatic rings. The van der Waals surface area contributed by atoms with Gasteiger partial charge in [-0.3, -0.25) is 0 Å². The summed E-state index contributed by atoms with van der Waals surface area (Å²) in [5.74, 6) is 0. The molecule has 1 heterocycles. The molecule has 0 bridgehead atoms. The fraction of sp³-hybridized carbons (Fsp3) is 0. The second-order valence-corrected chi connectivity index (χ2v) is 10.0. The minimum atomic E-state index is -1.00. The van der Waals surface area contributed by atoms with Gasteiger partial charge in [0.15, 0.2) is 0 Å². The first kappa shape index (κ1) is 10.3. The average molecular weight is 597 g/mol. The molecule has 0 amide bonds. The summed E-state index contributed by atoms with van der Waals surface area (Å²) in [6.07, 6.45) is 0. The molecule has 0 N–H and O–H groups in total. The van der Waals surface area contributed by atoms with Gasteiger partial charge in [-0.05, 0) is 94.2 Å². The van der Waals surface area contributed by atoms with Crippen LogP contribution >= 0.6 is 0 Å². The highest BCUT2D eigenvalue weighted by Gasteiger charge is 2.19. The molecule has 45 heavy (non-hydrogen) atoms. The molecule has 0 saturated carbocycles. The highest BCUT2D eigenvalue weighted by atomic mass is 16.3. The van der Waals surface area contributed by atoms with Gasteiger partial charge in [0.25, 0.3) is 0 Å². The summed E-state index contributed by atoms with van der Waals surface area (Å²) in [5.41, 5.74) is -3.95. The van der Waals surface area contributed by atoms with E-state index in [9.17, 15) is 15.1 Å². The minimum Gasteiger partial charge on any atom is -0.456 e. The predicted molar refractivity (Wildman–Crippen MR) is 192 cm³/mol. The van der Waals surface area contributed by atoms with Crippen molar-refractivity contribution in [3.8, 4) is 22.3 Å². The van der Waals surface area contributed by atoms with Crippen LogP contribution in [0.4, 0.5) is 0 Å². The summed E-state index contributed by atoms with van der Waals surface area (Å²) < 4.78 is 241. The zero-order chi connectivity index (χ0) is 52.1. The first-order valence-corrected chi connectivity index (χ1v) is 13.4. The SMILES string of the molecule is [2H]c1c([2H])c([2H])c2c(oc3c([2H])c([2H])c(-c4c5c([2H])c([2H])c([2H])c([2H])c5c(-c5c([2H])c([2H])c([2H])c6c5c([2H])c([2H])c5c([2H])c([2H])c7c([2H])c([2H])c([2H])c([2H])c7c56)c5c([2H])c([2H])c([2H])c([2H])c45)c([2H])c32)c1[2H]. The van der Waals surface area contributed by atoms with Gasteiger partial charge in [0.1, 0.15) is 11.2 Å². The van der Waals surface area contributed by atoms with E-state index in [1.54, 1.807) is 0 Å². The molecule has 9 aromatic carbocycles. The van der Waals surface area contributed by atoms with E-state index in [0.29, 0.717) is 0 Å². The van der Waals surface area contributed by atoms with E-state index in [0.717, 1.165) is 0 Å². The first-order chi connectivity index (χ1) is 33.2. The van der Waals surface area contributed by atoms with Crippen LogP contribution in [0, 0.1) is 0 Å². The minimum absolute atomic E-state index is 0.421. The summed E-state index contributed by atoms with van der Waals surface area (Å²) in [7, 11) is 0. The van der Waals surface area contributed by atoms with E-state index in [1.807, 2.05) is 0 Å². The van der Waals surface area contributed by atoms with Crippen molar-refractivity contribution in [3.05, 3.63) is 157 Å². The van der Waals surface area contributed by atoms with Crippen LogP contribution in [0.25, 0.3) is 98.1 Å². The molecule has 10 aromatic rings. The van der Waals surface area contributed by atoms with E-state index in [4.69, 9.17) is 25.0 Å². The lowest BCUT2D eigenvalue weighted by Gasteiger charge is -2.19. The van der Waals surface area contributed by atoms with Gasteiger partial charge in [-0.1, -0.05) is 139 Å². The van der Waals surface area contributed by atoms with Gasteiger partial charge in [-0.25, -0.2) is 0 Å². The molecule has 1 heteroatoms. The van der Waals surface area contributed by atoms with Crippen molar-refractivity contribution < 1.29 is 40.1 Å². The van der Waals surface area contributed by atoms with E-state index >= 15 is 0 Å². The zero-order valence-electron chi connectivity index (χ0n) is 48.4. The molecule has 0 aliphatic carbocycles. The molecule has 208 valence electrons. The number of rotatable bonds is 2. The van der Waals surface area contributed by atoms with Gasteiger partial charge in [-0.2, -0.15) is 0 Å². The van der Waals surface area contributed by atoms with Gasteiger partial charge < -0.3 is 4.42 Å². The fourth-order valence-corrected chi connectivity index (χ4v) is 5.83. The van der Waals surface area contributed by atoms with Crippen molar-refractivity contribution >= 4 is 75.8 Å². The van der Waals surface area contributed by atoms with E-state index < -0.39 is 255 Å². The van der Waals surface area contributed by atoms with Crippen molar-refractivity contribution in [1.29, 1.82) is 0 Å². The lowest BCUT2D eigenvalue weighted by Crippen LogP contribution is -1.92. The fourth-order valence-electron chi connectivity index (χ4n) is 5.83. The van der Waals surface area contributed by atoms with Crippen molar-refractivity contribution in [2.45, 2.75) is 0 Å². The number of furan rings is 1. The molecule has 1 aromatic heterocycles. The molecule has 0 radical (unpaired) electrons. The van der Waals surface area contributed by atoms with E-state index in [1.165, 1.54) is 0 Å². The molecule has 0 unspecified atom stereocenters. The van der Waals surface area contributed by atoms with Crippen LogP contribution in [0.15, 0.2) is 162 Å². The van der Waals surface area contributed by atoms with Gasteiger partial charge in [0.05, 0.1) is 35.6 Å². The Morgan fingerprint density at radius 2 is 0.933 bits per heavy atom. The topological polar surface area (TPSA) is 13.1 Å². The molecule has 1 nitrogen and oxygen atoms in total. The maximum atomic E-state index is 9.69. The Labute approximate surface area is 296 Å². The van der Waals surface area contributed by atoms with E-state index in [2.05, 4.69) is 0 Å². The van der Waals surface area contributed by atoms with Gasteiger partial charge in [0.2, 0.25) is 0 Å². The summed E-state index contributed by atoms with van der Waals surface area (Å²) in [6, 6.07) is -23.0. The molecule has 0 spiro atoms. The normalized spacial score (nSPS) is 20.1. The van der Waals surface area contributed by atoms with Crippen LogP contribution in [0.1, 0.15) is 35.6 Å². The van der Waals surface area contributed by atoms with Crippen LogP contribution in [-0.4, -0.2) is 0 Å². The molecule has 0 aliphatic heterocycles. The molecule has 0 atom stereocenters. The molecule has 0 saturated heterocycles. The summed E-state index contributed by atoms with van der Waals surface area (Å²) >= 11 is 0. The molecule has 10 rings (SSSR count). The van der Waals surface area contributed by atoms with Crippen LogP contribution in [0.2, 0.25) is 0 Å². The lowest BCUT2D eigenvalue weighted by atomic mass is 9.84. The van der Waals surface area contributed by atoms with Crippen molar-refractivity contribution in [2.75, 3.05) is 0 Å². The number of fused-ring (bicyclic) bond motifs is 10. The second kappa shape index (κ2) is 9.29. The third-order valence-electron chi connectivity index (χ3n) is 7.70. The Bertz CT molecular complexity index is 4210. The number of para-hydroxylation sites is 1. The number of hydrogen-bond acceptors (Lipinski definition) is 1. The number of hydrogen-bond donors (Lipinski definition) is 0. The third-order valence-corrected chi connectivity index (χ3v) is 7.70. The van der Waals surface area contributed by atoms with Crippen LogP contribution in [0.5, 0.6) is 0 Å². The zero-order valence-corrected chi connectivity index (χ0v) is 22.4.